The summed E-state index contributed by atoms with van der Waals surface area (Å²) in [5.74, 6) is 0.542. The predicted molar refractivity (Wildman–Crippen MR) is 62.2 cm³/mol. The second kappa shape index (κ2) is 4.95. The summed E-state index contributed by atoms with van der Waals surface area (Å²) in [6.07, 6.45) is 1.59. The van der Waals surface area contributed by atoms with Crippen LogP contribution in [0.1, 0.15) is 19.5 Å². The van der Waals surface area contributed by atoms with Gasteiger partial charge in [0.05, 0.1) is 0 Å². The molecule has 0 aliphatic heterocycles. The molecule has 0 aliphatic rings. The molecule has 0 fully saturated rings. The van der Waals surface area contributed by atoms with Gasteiger partial charge < -0.3 is 9.64 Å². The lowest BCUT2D eigenvalue weighted by atomic mass is 10.1. The van der Waals surface area contributed by atoms with Gasteiger partial charge in [0.15, 0.2) is 11.4 Å². The Morgan fingerprint density at radius 1 is 1.50 bits per heavy atom. The molecule has 4 nitrogen and oxygen atoms in total. The molecule has 0 radical (unpaired) electrons. The highest BCUT2D eigenvalue weighted by Crippen LogP contribution is 2.17. The second-order valence-electron chi connectivity index (χ2n) is 4.46. The van der Waals surface area contributed by atoms with E-state index in [4.69, 9.17) is 10.00 Å². The first kappa shape index (κ1) is 12.5. The molecular weight excluding hydrogens is 202 g/mol. The van der Waals surface area contributed by atoms with E-state index in [0.29, 0.717) is 18.1 Å². The third kappa shape index (κ3) is 2.94. The Labute approximate surface area is 96.5 Å². The van der Waals surface area contributed by atoms with Gasteiger partial charge in [-0.15, -0.1) is 0 Å². The van der Waals surface area contributed by atoms with Gasteiger partial charge in [-0.2, -0.15) is 5.26 Å². The summed E-state index contributed by atoms with van der Waals surface area (Å²) in [7, 11) is 4.00. The van der Waals surface area contributed by atoms with Crippen molar-refractivity contribution in [1.82, 2.24) is 9.88 Å². The van der Waals surface area contributed by atoms with Crippen molar-refractivity contribution in [2.45, 2.75) is 19.4 Å². The van der Waals surface area contributed by atoms with Gasteiger partial charge >= 0.3 is 0 Å². The van der Waals surface area contributed by atoms with E-state index >= 15 is 0 Å². The average Bonchev–Trinajstić information content (AvgIpc) is 2.26. The van der Waals surface area contributed by atoms with Crippen LogP contribution in [0.2, 0.25) is 0 Å². The highest BCUT2D eigenvalue weighted by atomic mass is 16.5. The Morgan fingerprint density at radius 3 is 2.75 bits per heavy atom. The lowest BCUT2D eigenvalue weighted by Gasteiger charge is -2.32. The van der Waals surface area contributed by atoms with Crippen LogP contribution < -0.4 is 4.74 Å². The molecule has 0 unspecified atom stereocenters. The summed E-state index contributed by atoms with van der Waals surface area (Å²) < 4.78 is 5.63. The molecule has 1 aromatic rings. The fourth-order valence-corrected chi connectivity index (χ4v) is 0.974. The largest absolute Gasteiger partial charge is 0.489 e. The topological polar surface area (TPSA) is 49.1 Å². The molecule has 4 heteroatoms. The van der Waals surface area contributed by atoms with Crippen LogP contribution in [0.4, 0.5) is 0 Å². The molecule has 86 valence electrons. The van der Waals surface area contributed by atoms with E-state index in [1.54, 1.807) is 18.3 Å². The van der Waals surface area contributed by atoms with Crippen LogP contribution in [0.5, 0.6) is 5.75 Å². The van der Waals surface area contributed by atoms with Crippen molar-refractivity contribution in [3.63, 3.8) is 0 Å². The number of pyridine rings is 1. The maximum Gasteiger partial charge on any atom is 0.182 e. The van der Waals surface area contributed by atoms with Gasteiger partial charge in [0.2, 0.25) is 0 Å². The Kier molecular flexibility index (Phi) is 3.86. The molecule has 1 aromatic heterocycles. The van der Waals surface area contributed by atoms with Crippen LogP contribution in [-0.4, -0.2) is 36.1 Å². The van der Waals surface area contributed by atoms with Crippen LogP contribution in [0.15, 0.2) is 18.3 Å². The molecule has 1 heterocycles. The van der Waals surface area contributed by atoms with Crippen LogP contribution >= 0.6 is 0 Å². The smallest absolute Gasteiger partial charge is 0.182 e. The molecule has 0 saturated carbocycles. The van der Waals surface area contributed by atoms with Crippen molar-refractivity contribution < 1.29 is 4.74 Å². The van der Waals surface area contributed by atoms with E-state index in [1.165, 1.54) is 0 Å². The Morgan fingerprint density at radius 2 is 2.19 bits per heavy atom. The first-order chi connectivity index (χ1) is 7.47. The van der Waals surface area contributed by atoms with Gasteiger partial charge in [0.1, 0.15) is 12.7 Å². The quantitative estimate of drug-likeness (QED) is 0.773. The molecular formula is C12H17N3O. The predicted octanol–water partition coefficient (Wildman–Crippen LogP) is 1.67. The summed E-state index contributed by atoms with van der Waals surface area (Å²) in [6.45, 7) is 4.67. The third-order valence-electron chi connectivity index (χ3n) is 2.67. The number of hydrogen-bond acceptors (Lipinski definition) is 4. The van der Waals surface area contributed by atoms with Crippen molar-refractivity contribution in [2.24, 2.45) is 0 Å². The molecule has 1 rings (SSSR count). The Balaban J connectivity index is 2.72. The zero-order valence-electron chi connectivity index (χ0n) is 10.2. The highest BCUT2D eigenvalue weighted by molar-refractivity contribution is 5.36. The van der Waals surface area contributed by atoms with Gasteiger partial charge in [-0.25, -0.2) is 4.98 Å². The highest BCUT2D eigenvalue weighted by Gasteiger charge is 2.21. The molecule has 0 aromatic carbocycles. The maximum atomic E-state index is 8.85. The molecule has 0 bridgehead atoms. The molecule has 0 saturated heterocycles. The minimum atomic E-state index is -0.0808. The van der Waals surface area contributed by atoms with E-state index in [2.05, 4.69) is 23.7 Å². The average molecular weight is 219 g/mol. The zero-order chi connectivity index (χ0) is 12.2. The standard InChI is InChI=1S/C12H17N3O/c1-12(2,15(3)4)9-16-11-6-5-7-14-10(11)8-13/h5-7H,9H2,1-4H3. The minimum absolute atomic E-state index is 0.0808. The lowest BCUT2D eigenvalue weighted by molar-refractivity contribution is 0.113. The van der Waals surface area contributed by atoms with Gasteiger partial charge in [-0.1, -0.05) is 0 Å². The molecule has 0 atom stereocenters. The second-order valence-corrected chi connectivity index (χ2v) is 4.46. The van der Waals surface area contributed by atoms with E-state index in [0.717, 1.165) is 0 Å². The summed E-state index contributed by atoms with van der Waals surface area (Å²) in [5, 5.41) is 8.85. The summed E-state index contributed by atoms with van der Waals surface area (Å²) in [4.78, 5) is 6.02. The summed E-state index contributed by atoms with van der Waals surface area (Å²) in [6, 6.07) is 5.54. The summed E-state index contributed by atoms with van der Waals surface area (Å²) in [5.41, 5.74) is 0.250. The number of nitriles is 1. The fourth-order valence-electron chi connectivity index (χ4n) is 0.974. The fraction of sp³-hybridized carbons (Fsp3) is 0.500. The van der Waals surface area contributed by atoms with E-state index in [9.17, 15) is 0 Å². The zero-order valence-corrected chi connectivity index (χ0v) is 10.2. The number of rotatable bonds is 4. The Hall–Kier alpha value is -1.60. The van der Waals surface area contributed by atoms with Crippen LogP contribution in [-0.2, 0) is 0 Å². The van der Waals surface area contributed by atoms with Gasteiger partial charge in [0, 0.05) is 11.7 Å². The van der Waals surface area contributed by atoms with Gasteiger partial charge in [-0.3, -0.25) is 0 Å². The molecule has 0 aliphatic carbocycles. The van der Waals surface area contributed by atoms with E-state index < -0.39 is 0 Å². The Bertz CT molecular complexity index is 393. The van der Waals surface area contributed by atoms with Crippen molar-refractivity contribution >= 4 is 0 Å². The van der Waals surface area contributed by atoms with E-state index in [1.807, 2.05) is 20.2 Å². The van der Waals surface area contributed by atoms with Crippen molar-refractivity contribution in [3.8, 4) is 11.8 Å². The van der Waals surface area contributed by atoms with Crippen molar-refractivity contribution in [3.05, 3.63) is 24.0 Å². The molecule has 0 amide bonds. The number of aromatic nitrogens is 1. The first-order valence-electron chi connectivity index (χ1n) is 5.13. The van der Waals surface area contributed by atoms with Crippen LogP contribution in [0.3, 0.4) is 0 Å². The number of likely N-dealkylation sites (N-methyl/N-ethyl adjacent to an activating group) is 1. The van der Waals surface area contributed by atoms with Gasteiger partial charge in [0.25, 0.3) is 0 Å². The number of ether oxygens (including phenoxy) is 1. The van der Waals surface area contributed by atoms with Crippen LogP contribution in [0, 0.1) is 11.3 Å². The SMILES string of the molecule is CN(C)C(C)(C)COc1cccnc1C#N. The van der Waals surface area contributed by atoms with Crippen molar-refractivity contribution in [1.29, 1.82) is 5.26 Å². The van der Waals surface area contributed by atoms with Crippen molar-refractivity contribution in [2.75, 3.05) is 20.7 Å². The summed E-state index contributed by atoms with van der Waals surface area (Å²) >= 11 is 0. The number of nitrogens with zero attached hydrogens (tertiary/aromatic N) is 3. The monoisotopic (exact) mass is 219 g/mol. The molecule has 0 N–H and O–H groups in total. The number of hydrogen-bond donors (Lipinski definition) is 0. The normalized spacial score (nSPS) is 11.2. The molecule has 0 spiro atoms. The molecule has 16 heavy (non-hydrogen) atoms. The first-order valence-corrected chi connectivity index (χ1v) is 5.13. The lowest BCUT2D eigenvalue weighted by Crippen LogP contribution is -2.43. The minimum Gasteiger partial charge on any atom is -0.489 e. The third-order valence-corrected chi connectivity index (χ3v) is 2.67. The maximum absolute atomic E-state index is 8.85. The van der Waals surface area contributed by atoms with Crippen LogP contribution in [0.25, 0.3) is 0 Å². The van der Waals surface area contributed by atoms with Gasteiger partial charge in [-0.05, 0) is 40.1 Å². The van der Waals surface area contributed by atoms with E-state index in [-0.39, 0.29) is 5.54 Å².